The number of piperidine rings is 1. The highest BCUT2D eigenvalue weighted by Crippen LogP contribution is 2.22. The Labute approximate surface area is 258 Å². The molecule has 1 saturated heterocycles. The maximum Gasteiger partial charge on any atom is 0.416 e. The number of nitrogens with zero attached hydrogens (tertiary/aromatic N) is 2. The number of fused-ring (bicyclic) bond motifs is 1. The minimum absolute atomic E-state index is 0.0272. The normalized spacial score (nSPS) is 16.3. The van der Waals surface area contributed by atoms with Crippen LogP contribution in [0.4, 0.5) is 9.59 Å². The number of ether oxygens (including phenoxy) is 2. The molecule has 0 spiro atoms. The van der Waals surface area contributed by atoms with E-state index in [9.17, 15) is 22.8 Å². The van der Waals surface area contributed by atoms with Gasteiger partial charge in [-0.25, -0.2) is 27.6 Å². The Balaban J connectivity index is 1.46. The summed E-state index contributed by atoms with van der Waals surface area (Å²) in [4.78, 5) is 42.0. The van der Waals surface area contributed by atoms with Crippen LogP contribution in [0.1, 0.15) is 39.2 Å². The Kier molecular flexibility index (Phi) is 10.6. The molecule has 0 bridgehead atoms. The number of hydrogen-bond donors (Lipinski definition) is 2. The molecule has 0 aromatic heterocycles. The van der Waals surface area contributed by atoms with Gasteiger partial charge in [0.25, 0.3) is 0 Å². The number of benzene rings is 3. The first-order valence-corrected chi connectivity index (χ1v) is 16.0. The molecule has 1 heterocycles. The van der Waals surface area contributed by atoms with E-state index in [-0.39, 0.29) is 30.5 Å². The van der Waals surface area contributed by atoms with Gasteiger partial charge in [0.1, 0.15) is 12.2 Å². The van der Waals surface area contributed by atoms with Gasteiger partial charge in [-0.05, 0) is 68.0 Å². The molecule has 236 valence electrons. The maximum absolute atomic E-state index is 13.6. The van der Waals surface area contributed by atoms with E-state index in [0.717, 1.165) is 21.2 Å². The van der Waals surface area contributed by atoms with Gasteiger partial charge in [0.05, 0.1) is 10.9 Å². The lowest BCUT2D eigenvalue weighted by atomic mass is 9.97. The molecule has 3 N–H and O–H groups in total. The third-order valence-electron chi connectivity index (χ3n) is 7.14. The smallest absolute Gasteiger partial charge is 0.416 e. The van der Waals surface area contributed by atoms with Crippen LogP contribution < -0.4 is 10.5 Å². The van der Waals surface area contributed by atoms with Crippen molar-refractivity contribution in [3.8, 4) is 0 Å². The number of nitrogens with two attached hydrogens (primary N) is 1. The summed E-state index contributed by atoms with van der Waals surface area (Å²) in [5.41, 5.74) is 6.24. The van der Waals surface area contributed by atoms with Crippen molar-refractivity contribution in [2.45, 2.75) is 56.8 Å². The van der Waals surface area contributed by atoms with Gasteiger partial charge in [-0.1, -0.05) is 60.7 Å². The predicted octanol–water partition coefficient (Wildman–Crippen LogP) is 4.26. The number of rotatable bonds is 9. The number of amides is 3. The molecule has 44 heavy (non-hydrogen) atoms. The Morgan fingerprint density at radius 3 is 2.41 bits per heavy atom. The molecule has 0 radical (unpaired) electrons. The summed E-state index contributed by atoms with van der Waals surface area (Å²) >= 11 is 0. The Hall–Kier alpha value is -4.00. The molecule has 3 amide bonds. The summed E-state index contributed by atoms with van der Waals surface area (Å²) < 4.78 is 39.5. The standard InChI is InChI=1S/C32H40N4O7S/c1-32(2,3)43-30(38)35-17-9-12-24(20-35)21-36(31(39)42-22-23-10-5-4-6-11-23)29(37)28(33)19-34-44(40,41)27-16-15-25-13-7-8-14-26(25)18-27/h4-8,10-11,13-16,18,24,28,34H,9,12,17,19-22,33H2,1-3H3/t24-,28-/m0/s1. The average Bonchev–Trinajstić information content (AvgIpc) is 3.00. The van der Waals surface area contributed by atoms with Gasteiger partial charge in [-0.2, -0.15) is 0 Å². The molecule has 0 unspecified atom stereocenters. The number of sulfonamides is 1. The lowest BCUT2D eigenvalue weighted by Gasteiger charge is -2.36. The van der Waals surface area contributed by atoms with Gasteiger partial charge >= 0.3 is 12.2 Å². The zero-order valence-electron chi connectivity index (χ0n) is 25.3. The molecule has 11 nitrogen and oxygen atoms in total. The third-order valence-corrected chi connectivity index (χ3v) is 8.57. The number of likely N-dealkylation sites (tertiary alicyclic amines) is 1. The molecule has 1 aliphatic rings. The lowest BCUT2D eigenvalue weighted by Crippen LogP contribution is -2.54. The van der Waals surface area contributed by atoms with Crippen LogP contribution in [0, 0.1) is 5.92 Å². The van der Waals surface area contributed by atoms with Crippen LogP contribution in [0.2, 0.25) is 0 Å². The van der Waals surface area contributed by atoms with E-state index in [1.54, 1.807) is 62.1 Å². The SMILES string of the molecule is CC(C)(C)OC(=O)N1CCC[C@H](CN(C(=O)OCc2ccccc2)C(=O)[C@@H](N)CNS(=O)(=O)c2ccc3ccccc3c2)C1. The maximum atomic E-state index is 13.6. The second-order valence-corrected chi connectivity index (χ2v) is 13.7. The topological polar surface area (TPSA) is 148 Å². The minimum atomic E-state index is -4.01. The molecule has 2 atom stereocenters. The lowest BCUT2D eigenvalue weighted by molar-refractivity contribution is -0.131. The highest BCUT2D eigenvalue weighted by molar-refractivity contribution is 7.89. The Morgan fingerprint density at radius 2 is 1.70 bits per heavy atom. The second kappa shape index (κ2) is 14.2. The van der Waals surface area contributed by atoms with Crippen LogP contribution in [-0.4, -0.2) is 74.1 Å². The van der Waals surface area contributed by atoms with Crippen molar-refractivity contribution in [3.63, 3.8) is 0 Å². The Bertz CT molecular complexity index is 1570. The molecule has 3 aromatic carbocycles. The monoisotopic (exact) mass is 624 g/mol. The van der Waals surface area contributed by atoms with Gasteiger partial charge in [0.15, 0.2) is 0 Å². The van der Waals surface area contributed by atoms with Crippen molar-refractivity contribution in [2.75, 3.05) is 26.2 Å². The molecular formula is C32H40N4O7S. The molecule has 0 saturated carbocycles. The molecule has 3 aromatic rings. The van der Waals surface area contributed by atoms with E-state index < -0.39 is 46.3 Å². The zero-order chi connectivity index (χ0) is 31.9. The number of carbonyl (C=O) groups excluding carboxylic acids is 3. The van der Waals surface area contributed by atoms with Crippen LogP contribution in [0.25, 0.3) is 10.8 Å². The molecule has 1 aliphatic heterocycles. The third kappa shape index (κ3) is 9.01. The van der Waals surface area contributed by atoms with Crippen molar-refractivity contribution in [3.05, 3.63) is 78.4 Å². The fourth-order valence-corrected chi connectivity index (χ4v) is 6.02. The van der Waals surface area contributed by atoms with Gasteiger partial charge in [0.2, 0.25) is 15.9 Å². The molecular weight excluding hydrogens is 584 g/mol. The number of hydrogen-bond acceptors (Lipinski definition) is 8. The summed E-state index contributed by atoms with van der Waals surface area (Å²) in [7, 11) is -4.01. The van der Waals surface area contributed by atoms with Crippen LogP contribution in [-0.2, 0) is 30.9 Å². The number of nitrogens with one attached hydrogen (secondary N) is 1. The van der Waals surface area contributed by atoms with Crippen molar-refractivity contribution < 1.29 is 32.3 Å². The highest BCUT2D eigenvalue weighted by atomic mass is 32.2. The first-order chi connectivity index (χ1) is 20.8. The van der Waals surface area contributed by atoms with Gasteiger partial charge < -0.3 is 20.1 Å². The zero-order valence-corrected chi connectivity index (χ0v) is 26.1. The van der Waals surface area contributed by atoms with Crippen LogP contribution >= 0.6 is 0 Å². The van der Waals surface area contributed by atoms with Crippen LogP contribution in [0.3, 0.4) is 0 Å². The fraction of sp³-hybridized carbons (Fsp3) is 0.406. The highest BCUT2D eigenvalue weighted by Gasteiger charge is 2.34. The quantitative estimate of drug-likeness (QED) is 0.359. The van der Waals surface area contributed by atoms with Crippen LogP contribution in [0.15, 0.2) is 77.7 Å². The largest absolute Gasteiger partial charge is 0.444 e. The minimum Gasteiger partial charge on any atom is -0.444 e. The van der Waals surface area contributed by atoms with Crippen molar-refractivity contribution in [2.24, 2.45) is 11.7 Å². The molecule has 1 fully saturated rings. The van der Waals surface area contributed by atoms with E-state index in [1.165, 1.54) is 12.1 Å². The second-order valence-electron chi connectivity index (χ2n) is 11.9. The van der Waals surface area contributed by atoms with E-state index in [1.807, 2.05) is 24.3 Å². The average molecular weight is 625 g/mol. The number of imide groups is 1. The molecule has 12 heteroatoms. The van der Waals surface area contributed by atoms with Crippen molar-refractivity contribution >= 4 is 38.9 Å². The summed E-state index contributed by atoms with van der Waals surface area (Å²) in [6.45, 7) is 5.55. The summed E-state index contributed by atoms with van der Waals surface area (Å²) in [6.07, 6.45) is -0.0609. The first-order valence-electron chi connectivity index (χ1n) is 14.6. The number of carbonyl (C=O) groups is 3. The van der Waals surface area contributed by atoms with Crippen molar-refractivity contribution in [1.82, 2.24) is 14.5 Å². The summed E-state index contributed by atoms with van der Waals surface area (Å²) in [5, 5.41) is 1.63. The summed E-state index contributed by atoms with van der Waals surface area (Å²) in [5.74, 6) is -1.05. The molecule has 4 rings (SSSR count). The van der Waals surface area contributed by atoms with Gasteiger partial charge in [-0.3, -0.25) is 4.79 Å². The molecule has 0 aliphatic carbocycles. The predicted molar refractivity (Wildman–Crippen MR) is 166 cm³/mol. The Morgan fingerprint density at radius 1 is 1.02 bits per heavy atom. The first kappa shape index (κ1) is 32.9. The summed E-state index contributed by atoms with van der Waals surface area (Å²) in [6, 6.07) is 19.7. The van der Waals surface area contributed by atoms with E-state index >= 15 is 0 Å². The van der Waals surface area contributed by atoms with E-state index in [4.69, 9.17) is 15.2 Å². The van der Waals surface area contributed by atoms with Gasteiger partial charge in [-0.15, -0.1) is 0 Å². The van der Waals surface area contributed by atoms with Crippen LogP contribution in [0.5, 0.6) is 0 Å². The van der Waals surface area contributed by atoms with Crippen molar-refractivity contribution in [1.29, 1.82) is 0 Å². The fourth-order valence-electron chi connectivity index (χ4n) is 4.92. The van der Waals surface area contributed by atoms with E-state index in [0.29, 0.717) is 19.4 Å². The van der Waals surface area contributed by atoms with E-state index in [2.05, 4.69) is 4.72 Å². The van der Waals surface area contributed by atoms with Gasteiger partial charge in [0, 0.05) is 26.2 Å².